The third-order valence-corrected chi connectivity index (χ3v) is 6.00. The molecule has 2 aromatic carbocycles. The van der Waals surface area contributed by atoms with Gasteiger partial charge in [0.15, 0.2) is 0 Å². The highest BCUT2D eigenvalue weighted by Crippen LogP contribution is 2.31. The molecule has 4 rings (SSSR count). The van der Waals surface area contributed by atoms with Crippen LogP contribution in [0.3, 0.4) is 0 Å². The summed E-state index contributed by atoms with van der Waals surface area (Å²) in [7, 11) is 1.41. The van der Waals surface area contributed by atoms with Crippen LogP contribution >= 0.6 is 0 Å². The van der Waals surface area contributed by atoms with Gasteiger partial charge in [-0.3, -0.25) is 13.9 Å². The van der Waals surface area contributed by atoms with Gasteiger partial charge >= 0.3 is 11.9 Å². The number of halogens is 3. The Kier molecular flexibility index (Phi) is 7.08. The van der Waals surface area contributed by atoms with Gasteiger partial charge in [0.05, 0.1) is 65.4 Å². The molecule has 0 amide bonds. The van der Waals surface area contributed by atoms with Gasteiger partial charge in [-0.15, -0.1) is 0 Å². The molecule has 1 atom stereocenters. The Labute approximate surface area is 215 Å². The van der Waals surface area contributed by atoms with E-state index in [-0.39, 0.29) is 16.9 Å². The largest absolute Gasteiger partial charge is 0.505 e. The van der Waals surface area contributed by atoms with Crippen LogP contribution in [0.5, 0.6) is 0 Å². The molecule has 38 heavy (non-hydrogen) atoms. The van der Waals surface area contributed by atoms with Crippen LogP contribution < -0.4 is 11.2 Å². The average Bonchev–Trinajstić information content (AvgIpc) is 3.36. The predicted octanol–water partition coefficient (Wildman–Crippen LogP) is 4.77. The number of alkyl halides is 3. The van der Waals surface area contributed by atoms with Gasteiger partial charge in [0.1, 0.15) is 0 Å². The van der Waals surface area contributed by atoms with Gasteiger partial charge in [0, 0.05) is 5.69 Å². The Morgan fingerprint density at radius 1 is 1.08 bits per heavy atom. The number of benzene rings is 2. The Balaban J connectivity index is 2.06. The lowest BCUT2D eigenvalue weighted by atomic mass is 10.1. The predicted molar refractivity (Wildman–Crippen MR) is 134 cm³/mol. The Morgan fingerprint density at radius 2 is 1.79 bits per heavy atom. The SMILES string of the molecule is COC=C[C@@H](C)n1c(=O)c(-c2ccnn2-c2ccc(C#N)cc2)c(C)n(-c2cccc(C(F)(F)F)c2)c1=O. The summed E-state index contributed by atoms with van der Waals surface area (Å²) in [4.78, 5) is 27.5. The standard InChI is InChI=1S/C27H22F3N5O3/c1-17(12-14-38-3)33-25(36)24(23-11-13-32-35(23)21-9-7-19(16-31)8-10-21)18(2)34(26(33)37)22-6-4-5-20(15-22)27(28,29)30/h4-15,17H,1-3H3/t17-/m1/s1. The Morgan fingerprint density at radius 3 is 2.42 bits per heavy atom. The molecule has 2 aromatic heterocycles. The minimum Gasteiger partial charge on any atom is -0.505 e. The molecule has 0 aliphatic heterocycles. The average molecular weight is 521 g/mol. The van der Waals surface area contributed by atoms with Crippen molar-refractivity contribution in [3.8, 4) is 28.7 Å². The number of rotatable bonds is 6. The molecule has 0 radical (unpaired) electrons. The summed E-state index contributed by atoms with van der Waals surface area (Å²) in [6.07, 6.45) is -0.375. The van der Waals surface area contributed by atoms with Gasteiger partial charge in [-0.2, -0.15) is 23.5 Å². The van der Waals surface area contributed by atoms with E-state index >= 15 is 0 Å². The van der Waals surface area contributed by atoms with Crippen molar-refractivity contribution in [2.75, 3.05) is 7.11 Å². The minimum atomic E-state index is -4.63. The number of nitrogens with zero attached hydrogens (tertiary/aromatic N) is 5. The third kappa shape index (κ3) is 4.76. The van der Waals surface area contributed by atoms with E-state index in [4.69, 9.17) is 10.00 Å². The molecule has 11 heteroatoms. The van der Waals surface area contributed by atoms with Crippen molar-refractivity contribution in [3.05, 3.63) is 111 Å². The van der Waals surface area contributed by atoms with Gasteiger partial charge in [-0.05, 0) is 68.5 Å². The summed E-state index contributed by atoms with van der Waals surface area (Å²) < 4.78 is 48.9. The topological polar surface area (TPSA) is 94.8 Å². The molecule has 0 aliphatic carbocycles. The smallest absolute Gasteiger partial charge is 0.416 e. The van der Waals surface area contributed by atoms with Crippen molar-refractivity contribution >= 4 is 0 Å². The molecule has 0 unspecified atom stereocenters. The zero-order valence-corrected chi connectivity index (χ0v) is 20.6. The fraction of sp³-hybridized carbons (Fsp3) is 0.185. The summed E-state index contributed by atoms with van der Waals surface area (Å²) in [5, 5.41) is 13.4. The molecule has 0 saturated heterocycles. The van der Waals surface area contributed by atoms with E-state index in [9.17, 15) is 22.8 Å². The van der Waals surface area contributed by atoms with E-state index in [0.29, 0.717) is 16.9 Å². The lowest BCUT2D eigenvalue weighted by Gasteiger charge is -2.20. The van der Waals surface area contributed by atoms with Crippen molar-refractivity contribution in [1.82, 2.24) is 18.9 Å². The zero-order chi connectivity index (χ0) is 27.6. The van der Waals surface area contributed by atoms with Gasteiger partial charge < -0.3 is 4.74 Å². The van der Waals surface area contributed by atoms with Crippen LogP contribution in [0.2, 0.25) is 0 Å². The molecule has 2 heterocycles. The fourth-order valence-electron chi connectivity index (χ4n) is 4.16. The maximum atomic E-state index is 13.8. The van der Waals surface area contributed by atoms with Crippen molar-refractivity contribution in [2.45, 2.75) is 26.1 Å². The highest BCUT2D eigenvalue weighted by Gasteiger charge is 2.31. The molecule has 0 saturated carbocycles. The number of ether oxygens (including phenoxy) is 1. The second-order valence-electron chi connectivity index (χ2n) is 8.39. The van der Waals surface area contributed by atoms with Crippen LogP contribution in [0, 0.1) is 18.3 Å². The van der Waals surface area contributed by atoms with E-state index in [1.165, 1.54) is 49.4 Å². The van der Waals surface area contributed by atoms with Crippen molar-refractivity contribution in [3.63, 3.8) is 0 Å². The molecule has 8 nitrogen and oxygen atoms in total. The minimum absolute atomic E-state index is 0.0512. The van der Waals surface area contributed by atoms with Crippen LogP contribution in [0.4, 0.5) is 13.2 Å². The maximum absolute atomic E-state index is 13.8. The van der Waals surface area contributed by atoms with E-state index < -0.39 is 29.0 Å². The Hall–Kier alpha value is -4.85. The molecule has 0 N–H and O–H groups in total. The first-order valence-electron chi connectivity index (χ1n) is 11.4. The number of allylic oxidation sites excluding steroid dienone is 1. The van der Waals surface area contributed by atoms with E-state index in [0.717, 1.165) is 21.3 Å². The summed E-state index contributed by atoms with van der Waals surface area (Å²) in [5.74, 6) is 0. The normalized spacial score (nSPS) is 12.4. The zero-order valence-electron chi connectivity index (χ0n) is 20.6. The highest BCUT2D eigenvalue weighted by molar-refractivity contribution is 5.64. The second kappa shape index (κ2) is 10.3. The molecular weight excluding hydrogens is 499 g/mol. The molecule has 4 aromatic rings. The van der Waals surface area contributed by atoms with Crippen LogP contribution in [-0.4, -0.2) is 26.0 Å². The van der Waals surface area contributed by atoms with Gasteiger partial charge in [-0.25, -0.2) is 9.48 Å². The second-order valence-corrected chi connectivity index (χ2v) is 8.39. The van der Waals surface area contributed by atoms with Crippen molar-refractivity contribution in [2.24, 2.45) is 0 Å². The first-order valence-corrected chi connectivity index (χ1v) is 11.4. The maximum Gasteiger partial charge on any atom is 0.416 e. The lowest BCUT2D eigenvalue weighted by molar-refractivity contribution is -0.137. The Bertz CT molecular complexity index is 1670. The van der Waals surface area contributed by atoms with Gasteiger partial charge in [0.2, 0.25) is 0 Å². The fourth-order valence-corrected chi connectivity index (χ4v) is 4.16. The molecule has 0 spiro atoms. The summed E-state index contributed by atoms with van der Waals surface area (Å²) in [5.41, 5.74) is -0.964. The number of hydrogen-bond acceptors (Lipinski definition) is 5. The number of aromatic nitrogens is 4. The molecule has 0 fully saturated rings. The molecule has 0 aliphatic rings. The van der Waals surface area contributed by atoms with Gasteiger partial charge in [-0.1, -0.05) is 6.07 Å². The summed E-state index contributed by atoms with van der Waals surface area (Å²) in [6, 6.07) is 13.6. The molecular formula is C27H22F3N5O3. The monoisotopic (exact) mass is 521 g/mol. The van der Waals surface area contributed by atoms with Crippen LogP contribution in [0.1, 0.15) is 29.8 Å². The van der Waals surface area contributed by atoms with E-state index in [2.05, 4.69) is 5.10 Å². The van der Waals surface area contributed by atoms with E-state index in [1.54, 1.807) is 37.3 Å². The first-order chi connectivity index (χ1) is 18.1. The van der Waals surface area contributed by atoms with Crippen LogP contribution in [-0.2, 0) is 10.9 Å². The van der Waals surface area contributed by atoms with Crippen molar-refractivity contribution in [1.29, 1.82) is 5.26 Å². The summed E-state index contributed by atoms with van der Waals surface area (Å²) in [6.45, 7) is 3.08. The number of nitriles is 1. The van der Waals surface area contributed by atoms with E-state index in [1.807, 2.05) is 6.07 Å². The lowest BCUT2D eigenvalue weighted by Crippen LogP contribution is -2.43. The third-order valence-electron chi connectivity index (χ3n) is 6.00. The highest BCUT2D eigenvalue weighted by atomic mass is 19.4. The molecule has 0 bridgehead atoms. The van der Waals surface area contributed by atoms with Crippen molar-refractivity contribution < 1.29 is 17.9 Å². The van der Waals surface area contributed by atoms with Crippen LogP contribution in [0.25, 0.3) is 22.6 Å². The number of hydrogen-bond donors (Lipinski definition) is 0. The number of methoxy groups -OCH3 is 1. The van der Waals surface area contributed by atoms with Gasteiger partial charge in [0.25, 0.3) is 5.56 Å². The quantitative estimate of drug-likeness (QED) is 0.341. The molecule has 194 valence electrons. The first kappa shape index (κ1) is 26.2. The van der Waals surface area contributed by atoms with Crippen LogP contribution in [0.15, 0.2) is 82.7 Å². The summed E-state index contributed by atoms with van der Waals surface area (Å²) >= 11 is 0.